The van der Waals surface area contributed by atoms with Gasteiger partial charge in [0.05, 0.1) is 0 Å². The summed E-state index contributed by atoms with van der Waals surface area (Å²) in [6.45, 7) is 3.10. The molecule has 0 bridgehead atoms. The molecule has 1 nitrogen and oxygen atoms in total. The quantitative estimate of drug-likeness (QED) is 0.787. The summed E-state index contributed by atoms with van der Waals surface area (Å²) in [6, 6.07) is 7.32. The van der Waals surface area contributed by atoms with Gasteiger partial charge in [-0.2, -0.15) is 11.8 Å². The molecule has 1 fully saturated rings. The number of nitrogens with one attached hydrogen (secondary N) is 1. The first-order chi connectivity index (χ1) is 9.31. The molecule has 1 unspecified atom stereocenters. The van der Waals surface area contributed by atoms with Gasteiger partial charge in [0.1, 0.15) is 5.82 Å². The van der Waals surface area contributed by atoms with Crippen molar-refractivity contribution in [1.29, 1.82) is 0 Å². The second-order valence-electron chi connectivity index (χ2n) is 5.27. The molecule has 1 aliphatic rings. The molecule has 2 rings (SSSR count). The van der Waals surface area contributed by atoms with Crippen molar-refractivity contribution >= 4 is 11.8 Å². The van der Waals surface area contributed by atoms with Gasteiger partial charge in [-0.05, 0) is 31.9 Å². The molecule has 0 spiro atoms. The number of rotatable bonds is 7. The van der Waals surface area contributed by atoms with E-state index < -0.39 is 0 Å². The van der Waals surface area contributed by atoms with Crippen LogP contribution < -0.4 is 5.32 Å². The normalized spacial score (nSPS) is 17.8. The van der Waals surface area contributed by atoms with Gasteiger partial charge in [0.25, 0.3) is 0 Å². The molecule has 3 heteroatoms. The summed E-state index contributed by atoms with van der Waals surface area (Å²) in [5.41, 5.74) is 0.821. The molecule has 0 aromatic heterocycles. The third-order valence-electron chi connectivity index (χ3n) is 3.72. The Morgan fingerprint density at radius 2 is 2.05 bits per heavy atom. The van der Waals surface area contributed by atoms with Crippen LogP contribution in [0.1, 0.15) is 50.6 Å². The summed E-state index contributed by atoms with van der Waals surface area (Å²) in [7, 11) is 0. The smallest absolute Gasteiger partial charge is 0.128 e. The maximum absolute atomic E-state index is 13.9. The van der Waals surface area contributed by atoms with Crippen LogP contribution in [0.2, 0.25) is 0 Å². The van der Waals surface area contributed by atoms with Crippen molar-refractivity contribution in [3.8, 4) is 0 Å². The van der Waals surface area contributed by atoms with Crippen molar-refractivity contribution in [2.75, 3.05) is 12.3 Å². The van der Waals surface area contributed by atoms with E-state index in [1.54, 1.807) is 12.1 Å². The van der Waals surface area contributed by atoms with E-state index in [-0.39, 0.29) is 11.9 Å². The lowest BCUT2D eigenvalue weighted by Crippen LogP contribution is -2.25. The van der Waals surface area contributed by atoms with Crippen LogP contribution >= 0.6 is 11.8 Å². The number of halogens is 1. The van der Waals surface area contributed by atoms with Crippen LogP contribution in [0.25, 0.3) is 0 Å². The molecule has 0 amide bonds. The van der Waals surface area contributed by atoms with Crippen molar-refractivity contribution in [2.24, 2.45) is 0 Å². The third kappa shape index (κ3) is 4.50. The zero-order valence-corrected chi connectivity index (χ0v) is 12.5. The lowest BCUT2D eigenvalue weighted by molar-refractivity contribution is 0.532. The molecule has 1 N–H and O–H groups in total. The van der Waals surface area contributed by atoms with Crippen molar-refractivity contribution in [1.82, 2.24) is 5.32 Å². The summed E-state index contributed by atoms with van der Waals surface area (Å²) in [5.74, 6) is 0.897. The number of hydrogen-bond donors (Lipinski definition) is 1. The van der Waals surface area contributed by atoms with Gasteiger partial charge < -0.3 is 5.32 Å². The van der Waals surface area contributed by atoms with E-state index in [9.17, 15) is 4.39 Å². The van der Waals surface area contributed by atoms with Gasteiger partial charge in [-0.15, -0.1) is 0 Å². The minimum absolute atomic E-state index is 0.0804. The highest BCUT2D eigenvalue weighted by molar-refractivity contribution is 7.99. The molecular formula is C16H24FNS. The van der Waals surface area contributed by atoms with E-state index in [4.69, 9.17) is 0 Å². The first-order valence-corrected chi connectivity index (χ1v) is 8.45. The molecule has 0 radical (unpaired) electrons. The Bertz CT molecular complexity index is 377. The van der Waals surface area contributed by atoms with Gasteiger partial charge in [0, 0.05) is 22.6 Å². The SMILES string of the molecule is CCCNC(CSC1CCCC1)c1ccccc1F. The van der Waals surface area contributed by atoms with Crippen LogP contribution in [0.3, 0.4) is 0 Å². The van der Waals surface area contributed by atoms with Gasteiger partial charge in [0.15, 0.2) is 0 Å². The maximum atomic E-state index is 13.9. The molecule has 1 aromatic rings. The molecule has 0 aliphatic heterocycles. The standard InChI is InChI=1S/C16H24FNS/c1-2-11-18-16(12-19-13-7-3-4-8-13)14-9-5-6-10-15(14)17/h5-6,9-10,13,16,18H,2-4,7-8,11-12H2,1H3. The second-order valence-corrected chi connectivity index (χ2v) is 6.60. The van der Waals surface area contributed by atoms with Gasteiger partial charge >= 0.3 is 0 Å². The molecule has 1 atom stereocenters. The lowest BCUT2D eigenvalue weighted by atomic mass is 10.1. The topological polar surface area (TPSA) is 12.0 Å². The summed E-state index contributed by atoms with van der Waals surface area (Å²) < 4.78 is 13.9. The predicted molar refractivity (Wildman–Crippen MR) is 82.1 cm³/mol. The van der Waals surface area contributed by atoms with E-state index >= 15 is 0 Å². The molecule has 1 aliphatic carbocycles. The number of thioether (sulfide) groups is 1. The van der Waals surface area contributed by atoms with Gasteiger partial charge in [0.2, 0.25) is 0 Å². The summed E-state index contributed by atoms with van der Waals surface area (Å²) in [4.78, 5) is 0. The summed E-state index contributed by atoms with van der Waals surface area (Å²) in [5, 5.41) is 4.28. The fourth-order valence-corrected chi connectivity index (χ4v) is 4.05. The van der Waals surface area contributed by atoms with Crippen LogP contribution in [-0.4, -0.2) is 17.5 Å². The Labute approximate surface area is 120 Å². The highest BCUT2D eigenvalue weighted by atomic mass is 32.2. The zero-order chi connectivity index (χ0) is 13.5. The van der Waals surface area contributed by atoms with Crippen LogP contribution in [0.4, 0.5) is 4.39 Å². The molecular weight excluding hydrogens is 257 g/mol. The molecule has 106 valence electrons. The number of hydrogen-bond acceptors (Lipinski definition) is 2. The Kier molecular flexibility index (Phi) is 6.18. The van der Waals surface area contributed by atoms with Crippen LogP contribution in [0.15, 0.2) is 24.3 Å². The van der Waals surface area contributed by atoms with E-state index in [1.807, 2.05) is 23.9 Å². The zero-order valence-electron chi connectivity index (χ0n) is 11.7. The van der Waals surface area contributed by atoms with Crippen LogP contribution in [0.5, 0.6) is 0 Å². The fourth-order valence-electron chi connectivity index (χ4n) is 2.62. The van der Waals surface area contributed by atoms with Gasteiger partial charge in [-0.25, -0.2) is 4.39 Å². The summed E-state index contributed by atoms with van der Waals surface area (Å²) >= 11 is 2.02. The van der Waals surface area contributed by atoms with E-state index in [2.05, 4.69) is 12.2 Å². The number of benzene rings is 1. The maximum Gasteiger partial charge on any atom is 0.128 e. The van der Waals surface area contributed by atoms with E-state index in [0.29, 0.717) is 0 Å². The Balaban J connectivity index is 1.96. The van der Waals surface area contributed by atoms with E-state index in [0.717, 1.165) is 29.5 Å². The molecule has 1 saturated carbocycles. The molecule has 0 saturated heterocycles. The molecule has 0 heterocycles. The predicted octanol–water partition coefficient (Wildman–Crippen LogP) is 4.54. The lowest BCUT2D eigenvalue weighted by Gasteiger charge is -2.21. The first-order valence-electron chi connectivity index (χ1n) is 7.40. The minimum Gasteiger partial charge on any atom is -0.309 e. The van der Waals surface area contributed by atoms with Crippen molar-refractivity contribution < 1.29 is 4.39 Å². The highest BCUT2D eigenvalue weighted by Gasteiger charge is 2.20. The molecule has 1 aromatic carbocycles. The Morgan fingerprint density at radius 1 is 1.32 bits per heavy atom. The average Bonchev–Trinajstić information content (AvgIpc) is 2.93. The molecule has 19 heavy (non-hydrogen) atoms. The highest BCUT2D eigenvalue weighted by Crippen LogP contribution is 2.32. The van der Waals surface area contributed by atoms with Crippen LogP contribution in [-0.2, 0) is 0 Å². The van der Waals surface area contributed by atoms with Crippen molar-refractivity contribution in [3.05, 3.63) is 35.6 Å². The monoisotopic (exact) mass is 281 g/mol. The fraction of sp³-hybridized carbons (Fsp3) is 0.625. The Hall–Kier alpha value is -0.540. The second kappa shape index (κ2) is 7.91. The summed E-state index contributed by atoms with van der Waals surface area (Å²) in [6.07, 6.45) is 6.48. The average molecular weight is 281 g/mol. The van der Waals surface area contributed by atoms with E-state index in [1.165, 1.54) is 25.7 Å². The van der Waals surface area contributed by atoms with Gasteiger partial charge in [-0.3, -0.25) is 0 Å². The largest absolute Gasteiger partial charge is 0.309 e. The van der Waals surface area contributed by atoms with Crippen molar-refractivity contribution in [3.63, 3.8) is 0 Å². The first kappa shape index (κ1) is 14.9. The Morgan fingerprint density at radius 3 is 2.74 bits per heavy atom. The minimum atomic E-state index is -0.0804. The van der Waals surface area contributed by atoms with Gasteiger partial charge in [-0.1, -0.05) is 38.0 Å². The van der Waals surface area contributed by atoms with Crippen molar-refractivity contribution in [2.45, 2.75) is 50.3 Å². The van der Waals surface area contributed by atoms with Crippen LogP contribution in [0, 0.1) is 5.82 Å². The third-order valence-corrected chi connectivity index (χ3v) is 5.19.